The minimum absolute atomic E-state index is 0.00640. The standard InChI is InChI=1S/C18H18N4O4/c19-5-3-17(24)22-7-1-2-11(10-22)26-16-4-6-21-14-8-13(18(20)25)15(23)9-12(14)16/h4,6,8-9,11,23H,1-3,7,10H2,(H2,20,25). The monoisotopic (exact) mass is 354 g/mol. The van der Waals surface area contributed by atoms with Crippen LogP contribution in [0.4, 0.5) is 0 Å². The van der Waals surface area contributed by atoms with Crippen molar-refractivity contribution in [2.24, 2.45) is 5.73 Å². The van der Waals surface area contributed by atoms with Crippen LogP contribution in [0.2, 0.25) is 0 Å². The first-order chi connectivity index (χ1) is 12.5. The van der Waals surface area contributed by atoms with E-state index in [1.54, 1.807) is 17.2 Å². The van der Waals surface area contributed by atoms with Crippen molar-refractivity contribution in [3.8, 4) is 17.6 Å². The first kappa shape index (κ1) is 17.5. The van der Waals surface area contributed by atoms with E-state index in [0.717, 1.165) is 12.8 Å². The Labute approximate surface area is 149 Å². The molecule has 134 valence electrons. The molecule has 2 heterocycles. The molecule has 2 amide bonds. The summed E-state index contributed by atoms with van der Waals surface area (Å²) in [4.78, 5) is 29.1. The van der Waals surface area contributed by atoms with Gasteiger partial charge in [0.05, 0.1) is 23.7 Å². The number of carbonyl (C=O) groups is 2. The van der Waals surface area contributed by atoms with Gasteiger partial charge in [-0.3, -0.25) is 14.6 Å². The predicted octanol–water partition coefficient (Wildman–Crippen LogP) is 1.32. The van der Waals surface area contributed by atoms with Crippen molar-refractivity contribution in [2.75, 3.05) is 13.1 Å². The molecule has 26 heavy (non-hydrogen) atoms. The maximum atomic E-state index is 11.9. The van der Waals surface area contributed by atoms with Gasteiger partial charge in [0.2, 0.25) is 5.91 Å². The highest BCUT2D eigenvalue weighted by atomic mass is 16.5. The topological polar surface area (TPSA) is 130 Å². The van der Waals surface area contributed by atoms with Gasteiger partial charge < -0.3 is 20.5 Å². The van der Waals surface area contributed by atoms with E-state index in [1.807, 2.05) is 6.07 Å². The second-order valence-electron chi connectivity index (χ2n) is 6.12. The lowest BCUT2D eigenvalue weighted by Crippen LogP contribution is -2.44. The van der Waals surface area contributed by atoms with Gasteiger partial charge in [0.1, 0.15) is 24.0 Å². The van der Waals surface area contributed by atoms with Gasteiger partial charge in [0.15, 0.2) is 0 Å². The van der Waals surface area contributed by atoms with Crippen molar-refractivity contribution in [1.82, 2.24) is 9.88 Å². The maximum Gasteiger partial charge on any atom is 0.252 e. The van der Waals surface area contributed by atoms with Crippen molar-refractivity contribution in [3.63, 3.8) is 0 Å². The third-order valence-corrected chi connectivity index (χ3v) is 4.34. The molecule has 8 nitrogen and oxygen atoms in total. The van der Waals surface area contributed by atoms with E-state index >= 15 is 0 Å². The molecular weight excluding hydrogens is 336 g/mol. The lowest BCUT2D eigenvalue weighted by atomic mass is 10.1. The number of benzene rings is 1. The largest absolute Gasteiger partial charge is 0.507 e. The van der Waals surface area contributed by atoms with Crippen LogP contribution in [0.25, 0.3) is 10.9 Å². The summed E-state index contributed by atoms with van der Waals surface area (Å²) in [5.74, 6) is -0.682. The molecule has 1 aliphatic rings. The van der Waals surface area contributed by atoms with Gasteiger partial charge in [-0.1, -0.05) is 0 Å². The average molecular weight is 354 g/mol. The lowest BCUT2D eigenvalue weighted by Gasteiger charge is -2.32. The SMILES string of the molecule is N#CCC(=O)N1CCCC(Oc2ccnc3cc(C(N)=O)c(O)cc23)C1. The summed E-state index contributed by atoms with van der Waals surface area (Å²) in [5, 5.41) is 19.2. The van der Waals surface area contributed by atoms with Gasteiger partial charge in [0, 0.05) is 18.1 Å². The first-order valence-electron chi connectivity index (χ1n) is 8.22. The molecule has 3 N–H and O–H groups in total. The number of phenols is 1. The quantitative estimate of drug-likeness (QED) is 0.852. The number of carbonyl (C=O) groups excluding carboxylic acids is 2. The Hall–Kier alpha value is -3.34. The second-order valence-corrected chi connectivity index (χ2v) is 6.12. The van der Waals surface area contributed by atoms with E-state index in [-0.39, 0.29) is 29.7 Å². The van der Waals surface area contributed by atoms with Crippen LogP contribution < -0.4 is 10.5 Å². The molecule has 0 radical (unpaired) electrons. The number of pyridine rings is 1. The molecule has 1 fully saturated rings. The normalized spacial score (nSPS) is 16.9. The summed E-state index contributed by atoms with van der Waals surface area (Å²) >= 11 is 0. The Kier molecular flexibility index (Phi) is 4.89. The molecule has 1 aromatic carbocycles. The fourth-order valence-electron chi connectivity index (χ4n) is 3.08. The molecule has 0 saturated carbocycles. The Balaban J connectivity index is 1.85. The second kappa shape index (κ2) is 7.27. The molecule has 2 aromatic rings. The number of nitrogens with two attached hydrogens (primary N) is 1. The van der Waals surface area contributed by atoms with E-state index in [1.165, 1.54) is 12.1 Å². The highest BCUT2D eigenvalue weighted by molar-refractivity contribution is 6.00. The van der Waals surface area contributed by atoms with E-state index in [2.05, 4.69) is 4.98 Å². The number of hydrogen-bond acceptors (Lipinski definition) is 6. The molecule has 0 bridgehead atoms. The Morgan fingerprint density at radius 1 is 1.46 bits per heavy atom. The number of nitrogens with zero attached hydrogens (tertiary/aromatic N) is 3. The predicted molar refractivity (Wildman–Crippen MR) is 92.4 cm³/mol. The van der Waals surface area contributed by atoms with Crippen LogP contribution in [-0.4, -0.2) is 46.0 Å². The first-order valence-corrected chi connectivity index (χ1v) is 8.22. The van der Waals surface area contributed by atoms with E-state index in [0.29, 0.717) is 29.7 Å². The number of nitriles is 1. The molecule has 1 aromatic heterocycles. The smallest absolute Gasteiger partial charge is 0.252 e. The van der Waals surface area contributed by atoms with Crippen molar-refractivity contribution < 1.29 is 19.4 Å². The number of rotatable bonds is 4. The van der Waals surface area contributed by atoms with Gasteiger partial charge >= 0.3 is 0 Å². The summed E-state index contributed by atoms with van der Waals surface area (Å²) < 4.78 is 6.04. The Morgan fingerprint density at radius 3 is 3.00 bits per heavy atom. The third kappa shape index (κ3) is 3.52. The molecule has 1 unspecified atom stereocenters. The number of piperidine rings is 1. The zero-order chi connectivity index (χ0) is 18.7. The van der Waals surface area contributed by atoms with E-state index < -0.39 is 5.91 Å². The van der Waals surface area contributed by atoms with Gasteiger partial charge in [0.25, 0.3) is 5.91 Å². The highest BCUT2D eigenvalue weighted by Gasteiger charge is 2.25. The summed E-state index contributed by atoms with van der Waals surface area (Å²) in [6, 6.07) is 6.36. The molecule has 8 heteroatoms. The summed E-state index contributed by atoms with van der Waals surface area (Å²) in [5.41, 5.74) is 5.71. The number of amides is 2. The molecular formula is C18H18N4O4. The van der Waals surface area contributed by atoms with Crippen molar-refractivity contribution in [2.45, 2.75) is 25.4 Å². The van der Waals surface area contributed by atoms with E-state index in [9.17, 15) is 14.7 Å². The molecule has 3 rings (SSSR count). The molecule has 1 atom stereocenters. The van der Waals surface area contributed by atoms with Gasteiger partial charge in [-0.25, -0.2) is 0 Å². The number of ether oxygens (including phenoxy) is 1. The fourth-order valence-corrected chi connectivity index (χ4v) is 3.08. The van der Waals surface area contributed by atoms with Crippen molar-refractivity contribution in [1.29, 1.82) is 5.26 Å². The summed E-state index contributed by atoms with van der Waals surface area (Å²) in [6.45, 7) is 1.01. The Morgan fingerprint density at radius 2 is 2.27 bits per heavy atom. The molecule has 0 aliphatic carbocycles. The summed E-state index contributed by atoms with van der Waals surface area (Å²) in [6.07, 6.45) is 2.72. The van der Waals surface area contributed by atoms with Gasteiger partial charge in [-0.15, -0.1) is 0 Å². The van der Waals surface area contributed by atoms with Crippen LogP contribution in [0.1, 0.15) is 29.6 Å². The van der Waals surface area contributed by atoms with Crippen LogP contribution >= 0.6 is 0 Å². The number of hydrogen-bond donors (Lipinski definition) is 2. The fraction of sp³-hybridized carbons (Fsp3) is 0.333. The van der Waals surface area contributed by atoms with Crippen LogP contribution in [0.3, 0.4) is 0 Å². The zero-order valence-electron chi connectivity index (χ0n) is 14.0. The number of fused-ring (bicyclic) bond motifs is 1. The average Bonchev–Trinajstić information content (AvgIpc) is 2.62. The van der Waals surface area contributed by atoms with Crippen molar-refractivity contribution >= 4 is 22.7 Å². The molecule has 1 aliphatic heterocycles. The van der Waals surface area contributed by atoms with Crippen LogP contribution in [0.15, 0.2) is 24.4 Å². The lowest BCUT2D eigenvalue weighted by molar-refractivity contribution is -0.132. The number of primary amides is 1. The van der Waals surface area contributed by atoms with Crippen LogP contribution in [0.5, 0.6) is 11.5 Å². The number of aromatic hydroxyl groups is 1. The Bertz CT molecular complexity index is 906. The highest BCUT2D eigenvalue weighted by Crippen LogP contribution is 2.31. The van der Waals surface area contributed by atoms with Crippen molar-refractivity contribution in [3.05, 3.63) is 30.0 Å². The molecule has 1 saturated heterocycles. The minimum Gasteiger partial charge on any atom is -0.507 e. The van der Waals surface area contributed by atoms with E-state index in [4.69, 9.17) is 15.7 Å². The van der Waals surface area contributed by atoms with Gasteiger partial charge in [-0.05, 0) is 31.0 Å². The minimum atomic E-state index is -0.739. The number of likely N-dealkylation sites (tertiary alicyclic amines) is 1. The molecule has 0 spiro atoms. The maximum absolute atomic E-state index is 11.9. The third-order valence-electron chi connectivity index (χ3n) is 4.34. The van der Waals surface area contributed by atoms with Crippen LogP contribution in [0, 0.1) is 11.3 Å². The zero-order valence-corrected chi connectivity index (χ0v) is 14.0. The van der Waals surface area contributed by atoms with Gasteiger partial charge in [-0.2, -0.15) is 5.26 Å². The number of aromatic nitrogens is 1. The van der Waals surface area contributed by atoms with Crippen LogP contribution in [-0.2, 0) is 4.79 Å². The summed E-state index contributed by atoms with van der Waals surface area (Å²) in [7, 11) is 0.